The second-order valence-corrected chi connectivity index (χ2v) is 6.27. The van der Waals surface area contributed by atoms with Crippen molar-refractivity contribution in [3.05, 3.63) is 24.3 Å². The molecule has 0 saturated carbocycles. The van der Waals surface area contributed by atoms with Crippen LogP contribution in [0.3, 0.4) is 0 Å². The highest BCUT2D eigenvalue weighted by atomic mass is 32.2. The summed E-state index contributed by atoms with van der Waals surface area (Å²) in [6.45, 7) is 3.54. The van der Waals surface area contributed by atoms with Gasteiger partial charge in [0.15, 0.2) is 0 Å². The third-order valence-corrected chi connectivity index (χ3v) is 4.55. The van der Waals surface area contributed by atoms with Crippen LogP contribution in [0.1, 0.15) is 13.3 Å². The number of sulfonamides is 1. The van der Waals surface area contributed by atoms with Crippen molar-refractivity contribution < 1.29 is 13.2 Å². The van der Waals surface area contributed by atoms with Crippen molar-refractivity contribution >= 4 is 21.8 Å². The molecule has 1 aromatic carbocycles. The SMILES string of the molecule is CCOCCCNS(=O)(=O)c1ccc(SC)cc1. The highest BCUT2D eigenvalue weighted by Crippen LogP contribution is 2.17. The molecular formula is C12H19NO3S2. The van der Waals surface area contributed by atoms with Gasteiger partial charge in [0.05, 0.1) is 4.90 Å². The number of rotatable bonds is 8. The summed E-state index contributed by atoms with van der Waals surface area (Å²) < 4.78 is 31.5. The minimum Gasteiger partial charge on any atom is -0.382 e. The Morgan fingerprint density at radius 1 is 1.28 bits per heavy atom. The molecule has 0 radical (unpaired) electrons. The van der Waals surface area contributed by atoms with Crippen molar-refractivity contribution in [2.45, 2.75) is 23.1 Å². The largest absolute Gasteiger partial charge is 0.382 e. The van der Waals surface area contributed by atoms with Gasteiger partial charge in [0.25, 0.3) is 0 Å². The zero-order valence-corrected chi connectivity index (χ0v) is 12.3. The summed E-state index contributed by atoms with van der Waals surface area (Å²) in [5, 5.41) is 0. The Hall–Kier alpha value is -0.560. The zero-order chi connectivity index (χ0) is 13.4. The number of nitrogens with one attached hydrogen (secondary N) is 1. The third kappa shape index (κ3) is 4.97. The highest BCUT2D eigenvalue weighted by Gasteiger charge is 2.12. The first kappa shape index (κ1) is 15.5. The first-order valence-corrected chi connectivity index (χ1v) is 8.52. The lowest BCUT2D eigenvalue weighted by Crippen LogP contribution is -2.25. The Kier molecular flexibility index (Phi) is 6.70. The molecule has 0 atom stereocenters. The maximum atomic E-state index is 11.9. The lowest BCUT2D eigenvalue weighted by Gasteiger charge is -2.07. The molecular weight excluding hydrogens is 270 g/mol. The third-order valence-electron chi connectivity index (χ3n) is 2.33. The molecule has 0 unspecified atom stereocenters. The average molecular weight is 289 g/mol. The fourth-order valence-corrected chi connectivity index (χ4v) is 2.85. The van der Waals surface area contributed by atoms with Crippen molar-refractivity contribution in [3.8, 4) is 0 Å². The van der Waals surface area contributed by atoms with Gasteiger partial charge in [-0.2, -0.15) is 0 Å². The maximum Gasteiger partial charge on any atom is 0.240 e. The van der Waals surface area contributed by atoms with E-state index in [4.69, 9.17) is 4.74 Å². The van der Waals surface area contributed by atoms with Crippen LogP contribution in [0.15, 0.2) is 34.1 Å². The van der Waals surface area contributed by atoms with Crippen LogP contribution in [-0.4, -0.2) is 34.4 Å². The van der Waals surface area contributed by atoms with Crippen molar-refractivity contribution in [1.29, 1.82) is 0 Å². The molecule has 0 bridgehead atoms. The average Bonchev–Trinajstić information content (AvgIpc) is 2.38. The van der Waals surface area contributed by atoms with E-state index in [-0.39, 0.29) is 0 Å². The Bertz CT molecular complexity index is 443. The van der Waals surface area contributed by atoms with E-state index < -0.39 is 10.0 Å². The molecule has 0 saturated heterocycles. The van der Waals surface area contributed by atoms with E-state index in [9.17, 15) is 8.42 Å². The molecule has 0 aliphatic carbocycles. The standard InChI is InChI=1S/C12H19NO3S2/c1-3-16-10-4-9-13-18(14,15)12-7-5-11(17-2)6-8-12/h5-8,13H,3-4,9-10H2,1-2H3. The minimum absolute atomic E-state index is 0.303. The van der Waals surface area contributed by atoms with E-state index in [2.05, 4.69) is 4.72 Å². The molecule has 102 valence electrons. The Morgan fingerprint density at radius 2 is 1.94 bits per heavy atom. The molecule has 4 nitrogen and oxygen atoms in total. The lowest BCUT2D eigenvalue weighted by atomic mass is 10.4. The molecule has 1 aromatic rings. The van der Waals surface area contributed by atoms with Gasteiger partial charge in [-0.15, -0.1) is 11.8 Å². The van der Waals surface area contributed by atoms with Gasteiger partial charge in [0.2, 0.25) is 10.0 Å². The Morgan fingerprint density at radius 3 is 2.50 bits per heavy atom. The van der Waals surface area contributed by atoms with E-state index in [1.807, 2.05) is 13.2 Å². The van der Waals surface area contributed by atoms with Gasteiger partial charge in [-0.1, -0.05) is 0 Å². The highest BCUT2D eigenvalue weighted by molar-refractivity contribution is 7.98. The van der Waals surface area contributed by atoms with Gasteiger partial charge in [0, 0.05) is 24.7 Å². The zero-order valence-electron chi connectivity index (χ0n) is 10.7. The Balaban J connectivity index is 2.51. The normalized spacial score (nSPS) is 11.7. The van der Waals surface area contributed by atoms with Crippen molar-refractivity contribution in [2.75, 3.05) is 26.0 Å². The predicted octanol–water partition coefficient (Wildman–Crippen LogP) is 2.11. The quantitative estimate of drug-likeness (QED) is 0.588. The summed E-state index contributed by atoms with van der Waals surface area (Å²) >= 11 is 1.58. The summed E-state index contributed by atoms with van der Waals surface area (Å²) in [7, 11) is -3.39. The van der Waals surface area contributed by atoms with Gasteiger partial charge in [0.1, 0.15) is 0 Å². The van der Waals surface area contributed by atoms with Crippen LogP contribution in [0.2, 0.25) is 0 Å². The Labute approximate surface area is 113 Å². The molecule has 0 heterocycles. The van der Waals surface area contributed by atoms with Crippen molar-refractivity contribution in [3.63, 3.8) is 0 Å². The number of thioether (sulfide) groups is 1. The maximum absolute atomic E-state index is 11.9. The van der Waals surface area contributed by atoms with Gasteiger partial charge < -0.3 is 4.74 Å². The van der Waals surface area contributed by atoms with E-state index in [1.54, 1.807) is 36.0 Å². The van der Waals surface area contributed by atoms with Crippen LogP contribution < -0.4 is 4.72 Å². The molecule has 0 aliphatic heterocycles. The van der Waals surface area contributed by atoms with Crippen molar-refractivity contribution in [2.24, 2.45) is 0 Å². The van der Waals surface area contributed by atoms with Crippen LogP contribution in [0.5, 0.6) is 0 Å². The van der Waals surface area contributed by atoms with Crippen LogP contribution in [0, 0.1) is 0 Å². The number of benzene rings is 1. The van der Waals surface area contributed by atoms with E-state index in [0.717, 1.165) is 4.90 Å². The summed E-state index contributed by atoms with van der Waals surface area (Å²) in [5.41, 5.74) is 0. The van der Waals surface area contributed by atoms with E-state index >= 15 is 0 Å². The predicted molar refractivity (Wildman–Crippen MR) is 74.5 cm³/mol. The molecule has 1 N–H and O–H groups in total. The van der Waals surface area contributed by atoms with Gasteiger partial charge in [-0.3, -0.25) is 0 Å². The second kappa shape index (κ2) is 7.78. The molecule has 0 aliphatic rings. The summed E-state index contributed by atoms with van der Waals surface area (Å²) in [5.74, 6) is 0. The monoisotopic (exact) mass is 289 g/mol. The van der Waals surface area contributed by atoms with Gasteiger partial charge in [-0.05, 0) is 43.9 Å². The van der Waals surface area contributed by atoms with Crippen LogP contribution in [0.25, 0.3) is 0 Å². The van der Waals surface area contributed by atoms with E-state index in [0.29, 0.717) is 31.1 Å². The molecule has 18 heavy (non-hydrogen) atoms. The summed E-state index contributed by atoms with van der Waals surface area (Å²) in [4.78, 5) is 1.35. The lowest BCUT2D eigenvalue weighted by molar-refractivity contribution is 0.146. The topological polar surface area (TPSA) is 55.4 Å². The first-order valence-electron chi connectivity index (χ1n) is 5.81. The fraction of sp³-hybridized carbons (Fsp3) is 0.500. The van der Waals surface area contributed by atoms with Gasteiger partial charge in [-0.25, -0.2) is 13.1 Å². The second-order valence-electron chi connectivity index (χ2n) is 3.62. The summed E-state index contributed by atoms with van der Waals surface area (Å²) in [6.07, 6.45) is 2.63. The molecule has 1 rings (SSSR count). The molecule has 6 heteroatoms. The molecule has 0 amide bonds. The van der Waals surface area contributed by atoms with Crippen LogP contribution >= 0.6 is 11.8 Å². The first-order chi connectivity index (χ1) is 8.60. The number of hydrogen-bond acceptors (Lipinski definition) is 4. The summed E-state index contributed by atoms with van der Waals surface area (Å²) in [6, 6.07) is 6.85. The van der Waals surface area contributed by atoms with Crippen LogP contribution in [-0.2, 0) is 14.8 Å². The van der Waals surface area contributed by atoms with E-state index in [1.165, 1.54) is 0 Å². The minimum atomic E-state index is -3.39. The molecule has 0 aromatic heterocycles. The molecule has 0 fully saturated rings. The fourth-order valence-electron chi connectivity index (χ4n) is 1.36. The van der Waals surface area contributed by atoms with Gasteiger partial charge >= 0.3 is 0 Å². The van der Waals surface area contributed by atoms with Crippen LogP contribution in [0.4, 0.5) is 0 Å². The molecule has 0 spiro atoms. The number of hydrogen-bond donors (Lipinski definition) is 1. The van der Waals surface area contributed by atoms with Crippen molar-refractivity contribution in [1.82, 2.24) is 4.72 Å². The smallest absolute Gasteiger partial charge is 0.240 e. The number of ether oxygens (including phenoxy) is 1.